The molecular weight excluding hydrogens is 299 g/mol. The molecule has 0 saturated heterocycles. The largest absolute Gasteiger partial charge is 0.492 e. The molecule has 0 saturated carbocycles. The Balaban J connectivity index is 0.00000361. The van der Waals surface area contributed by atoms with Gasteiger partial charge in [-0.15, -0.1) is 12.4 Å². The Morgan fingerprint density at radius 1 is 1.30 bits per heavy atom. The molecule has 0 heterocycles. The van der Waals surface area contributed by atoms with E-state index in [2.05, 4.69) is 10.6 Å². The lowest BCUT2D eigenvalue weighted by atomic mass is 10.3. The summed E-state index contributed by atoms with van der Waals surface area (Å²) in [6.07, 6.45) is 1.15. The van der Waals surface area contributed by atoms with Crippen LogP contribution in [0, 0.1) is 0 Å². The molecule has 0 spiro atoms. The third kappa shape index (κ3) is 8.25. The molecule has 20 heavy (non-hydrogen) atoms. The molecule has 0 bridgehead atoms. The first-order chi connectivity index (χ1) is 9.24. The Kier molecular flexibility index (Phi) is 11.3. The van der Waals surface area contributed by atoms with Gasteiger partial charge >= 0.3 is 0 Å². The predicted octanol–water partition coefficient (Wildman–Crippen LogP) is 2.65. The fraction of sp³-hybridized carbons (Fsp3) is 0.500. The quantitative estimate of drug-likeness (QED) is 0.688. The van der Waals surface area contributed by atoms with Crippen LogP contribution in [0.4, 0.5) is 0 Å². The van der Waals surface area contributed by atoms with Crippen molar-refractivity contribution in [2.45, 2.75) is 19.8 Å². The molecule has 2 N–H and O–H groups in total. The van der Waals surface area contributed by atoms with Crippen LogP contribution < -0.4 is 15.4 Å². The number of ether oxygens (including phenoxy) is 1. The number of halogens is 2. The van der Waals surface area contributed by atoms with E-state index in [0.29, 0.717) is 36.8 Å². The highest BCUT2D eigenvalue weighted by Gasteiger charge is 2.02. The van der Waals surface area contributed by atoms with Gasteiger partial charge in [-0.05, 0) is 25.1 Å². The van der Waals surface area contributed by atoms with Crippen molar-refractivity contribution in [2.24, 2.45) is 0 Å². The number of carbonyl (C=O) groups excluding carboxylic acids is 1. The summed E-state index contributed by atoms with van der Waals surface area (Å²) in [4.78, 5) is 11.5. The van der Waals surface area contributed by atoms with Gasteiger partial charge in [-0.1, -0.05) is 30.7 Å². The highest BCUT2D eigenvalue weighted by atomic mass is 35.5. The van der Waals surface area contributed by atoms with Gasteiger partial charge in [0.15, 0.2) is 0 Å². The van der Waals surface area contributed by atoms with Crippen molar-refractivity contribution in [1.82, 2.24) is 10.6 Å². The number of para-hydroxylation sites is 1. The Morgan fingerprint density at radius 3 is 2.75 bits per heavy atom. The lowest BCUT2D eigenvalue weighted by molar-refractivity contribution is -0.121. The molecule has 0 radical (unpaired) electrons. The molecule has 4 nitrogen and oxygen atoms in total. The van der Waals surface area contributed by atoms with E-state index in [1.54, 1.807) is 6.07 Å². The minimum absolute atomic E-state index is 0. The SMILES string of the molecule is CCNCCNC(=O)CCCOc1ccccc1Cl.Cl. The minimum Gasteiger partial charge on any atom is -0.492 e. The molecule has 6 heteroatoms. The van der Waals surface area contributed by atoms with Gasteiger partial charge in [0.05, 0.1) is 11.6 Å². The van der Waals surface area contributed by atoms with E-state index in [9.17, 15) is 4.79 Å². The highest BCUT2D eigenvalue weighted by molar-refractivity contribution is 6.32. The maximum atomic E-state index is 11.5. The summed E-state index contributed by atoms with van der Waals surface area (Å²) >= 11 is 5.95. The van der Waals surface area contributed by atoms with Crippen molar-refractivity contribution in [3.05, 3.63) is 29.3 Å². The van der Waals surface area contributed by atoms with Crippen LogP contribution in [0.5, 0.6) is 5.75 Å². The molecule has 0 atom stereocenters. The predicted molar refractivity (Wildman–Crippen MR) is 85.0 cm³/mol. The van der Waals surface area contributed by atoms with Crippen LogP contribution in [0.1, 0.15) is 19.8 Å². The summed E-state index contributed by atoms with van der Waals surface area (Å²) < 4.78 is 5.51. The average molecular weight is 321 g/mol. The van der Waals surface area contributed by atoms with Crippen molar-refractivity contribution < 1.29 is 9.53 Å². The smallest absolute Gasteiger partial charge is 0.220 e. The fourth-order valence-electron chi connectivity index (χ4n) is 1.53. The van der Waals surface area contributed by atoms with Gasteiger partial charge in [0.25, 0.3) is 0 Å². The van der Waals surface area contributed by atoms with E-state index in [0.717, 1.165) is 13.1 Å². The van der Waals surface area contributed by atoms with Gasteiger partial charge in [-0.3, -0.25) is 4.79 Å². The number of rotatable bonds is 9. The lowest BCUT2D eigenvalue weighted by Gasteiger charge is -2.08. The average Bonchev–Trinajstić information content (AvgIpc) is 2.41. The second-order valence-electron chi connectivity index (χ2n) is 4.09. The molecule has 0 fully saturated rings. The van der Waals surface area contributed by atoms with Gasteiger partial charge in [0.2, 0.25) is 5.91 Å². The van der Waals surface area contributed by atoms with Crippen molar-refractivity contribution in [3.8, 4) is 5.75 Å². The van der Waals surface area contributed by atoms with E-state index in [1.165, 1.54) is 0 Å². The molecule has 0 unspecified atom stereocenters. The van der Waals surface area contributed by atoms with Gasteiger partial charge in [-0.25, -0.2) is 0 Å². The van der Waals surface area contributed by atoms with E-state index >= 15 is 0 Å². The zero-order valence-electron chi connectivity index (χ0n) is 11.7. The molecule has 0 aliphatic heterocycles. The van der Waals surface area contributed by atoms with E-state index in [1.807, 2.05) is 25.1 Å². The number of hydrogen-bond acceptors (Lipinski definition) is 3. The van der Waals surface area contributed by atoms with Crippen molar-refractivity contribution in [2.75, 3.05) is 26.2 Å². The third-order valence-corrected chi connectivity index (χ3v) is 2.83. The molecule has 114 valence electrons. The van der Waals surface area contributed by atoms with Crippen LogP contribution in [0.25, 0.3) is 0 Å². The Bertz CT molecular complexity index is 389. The number of benzene rings is 1. The van der Waals surface area contributed by atoms with Crippen LogP contribution in [-0.4, -0.2) is 32.1 Å². The van der Waals surface area contributed by atoms with Crippen molar-refractivity contribution in [3.63, 3.8) is 0 Å². The summed E-state index contributed by atoms with van der Waals surface area (Å²) in [5.74, 6) is 0.720. The van der Waals surface area contributed by atoms with Crippen molar-refractivity contribution in [1.29, 1.82) is 0 Å². The monoisotopic (exact) mass is 320 g/mol. The zero-order chi connectivity index (χ0) is 13.9. The van der Waals surface area contributed by atoms with Crippen LogP contribution in [-0.2, 0) is 4.79 Å². The van der Waals surface area contributed by atoms with Crippen LogP contribution >= 0.6 is 24.0 Å². The Morgan fingerprint density at radius 2 is 2.05 bits per heavy atom. The van der Waals surface area contributed by atoms with Gasteiger partial charge in [0, 0.05) is 19.5 Å². The maximum absolute atomic E-state index is 11.5. The summed E-state index contributed by atoms with van der Waals surface area (Å²) in [5.41, 5.74) is 0. The van der Waals surface area contributed by atoms with Crippen LogP contribution in [0.15, 0.2) is 24.3 Å². The van der Waals surface area contributed by atoms with E-state index in [-0.39, 0.29) is 18.3 Å². The third-order valence-electron chi connectivity index (χ3n) is 2.52. The van der Waals surface area contributed by atoms with E-state index in [4.69, 9.17) is 16.3 Å². The van der Waals surface area contributed by atoms with Crippen LogP contribution in [0.3, 0.4) is 0 Å². The first kappa shape index (κ1) is 19.0. The van der Waals surface area contributed by atoms with Gasteiger partial charge in [-0.2, -0.15) is 0 Å². The Labute approximate surface area is 131 Å². The maximum Gasteiger partial charge on any atom is 0.220 e. The lowest BCUT2D eigenvalue weighted by Crippen LogP contribution is -2.31. The summed E-state index contributed by atoms with van der Waals surface area (Å²) in [6, 6.07) is 7.32. The fourth-order valence-corrected chi connectivity index (χ4v) is 1.72. The molecule has 0 aliphatic carbocycles. The summed E-state index contributed by atoms with van der Waals surface area (Å²) in [7, 11) is 0. The molecule has 1 aromatic rings. The van der Waals surface area contributed by atoms with Crippen LogP contribution in [0.2, 0.25) is 5.02 Å². The van der Waals surface area contributed by atoms with Crippen molar-refractivity contribution >= 4 is 29.9 Å². The van der Waals surface area contributed by atoms with E-state index < -0.39 is 0 Å². The standard InChI is InChI=1S/C14H21ClN2O2.ClH/c1-2-16-9-10-17-14(18)8-5-11-19-13-7-4-3-6-12(13)15;/h3-4,6-7,16H,2,5,8-11H2,1H3,(H,17,18);1H. The van der Waals surface area contributed by atoms with Gasteiger partial charge < -0.3 is 15.4 Å². The molecular formula is C14H22Cl2N2O2. The number of likely N-dealkylation sites (N-methyl/N-ethyl adjacent to an activating group) is 1. The topological polar surface area (TPSA) is 50.4 Å². The molecule has 0 aliphatic rings. The second-order valence-corrected chi connectivity index (χ2v) is 4.49. The summed E-state index contributed by atoms with van der Waals surface area (Å²) in [5, 5.41) is 6.58. The number of amides is 1. The normalized spacial score (nSPS) is 9.70. The molecule has 1 aromatic carbocycles. The molecule has 0 aromatic heterocycles. The molecule has 1 amide bonds. The first-order valence-electron chi connectivity index (χ1n) is 6.58. The minimum atomic E-state index is 0. The molecule has 1 rings (SSSR count). The summed E-state index contributed by atoms with van der Waals surface area (Å²) in [6.45, 7) is 4.91. The van der Waals surface area contributed by atoms with Gasteiger partial charge in [0.1, 0.15) is 5.75 Å². The first-order valence-corrected chi connectivity index (χ1v) is 6.96. The number of nitrogens with one attached hydrogen (secondary N) is 2. The Hall–Kier alpha value is -0.970. The number of hydrogen-bond donors (Lipinski definition) is 2. The zero-order valence-corrected chi connectivity index (χ0v) is 13.2. The second kappa shape index (κ2) is 11.8. The number of carbonyl (C=O) groups is 1. The highest BCUT2D eigenvalue weighted by Crippen LogP contribution is 2.23.